The highest BCUT2D eigenvalue weighted by atomic mass is 32.1. The number of hydrogen-bond acceptors (Lipinski definition) is 3. The van der Waals surface area contributed by atoms with Crippen molar-refractivity contribution in [2.45, 2.75) is 19.9 Å². The van der Waals surface area contributed by atoms with Crippen molar-refractivity contribution in [2.24, 2.45) is 0 Å². The number of amides is 1. The molecule has 2 N–H and O–H groups in total. The van der Waals surface area contributed by atoms with E-state index in [-0.39, 0.29) is 11.7 Å². The van der Waals surface area contributed by atoms with Crippen molar-refractivity contribution in [3.63, 3.8) is 0 Å². The summed E-state index contributed by atoms with van der Waals surface area (Å²) in [5, 5.41) is 6.97. The summed E-state index contributed by atoms with van der Waals surface area (Å²) >= 11 is 1.31. The molecule has 5 heteroatoms. The zero-order valence-corrected chi connectivity index (χ0v) is 11.8. The molecule has 1 aromatic carbocycles. The van der Waals surface area contributed by atoms with Gasteiger partial charge in [-0.05, 0) is 23.6 Å². The topological polar surface area (TPSA) is 41.1 Å². The molecule has 0 aliphatic rings. The van der Waals surface area contributed by atoms with Gasteiger partial charge in [-0.15, -0.1) is 11.3 Å². The molecular formula is C14H17FN2OS. The van der Waals surface area contributed by atoms with Crippen LogP contribution in [0.1, 0.15) is 23.5 Å². The van der Waals surface area contributed by atoms with Crippen LogP contribution in [0.2, 0.25) is 0 Å². The molecule has 1 aromatic heterocycles. The molecule has 0 atom stereocenters. The maximum Gasteiger partial charge on any atom is 0.261 e. The molecule has 102 valence electrons. The van der Waals surface area contributed by atoms with Crippen molar-refractivity contribution in [3.05, 3.63) is 35.0 Å². The van der Waals surface area contributed by atoms with Gasteiger partial charge in [-0.25, -0.2) is 4.39 Å². The van der Waals surface area contributed by atoms with Crippen LogP contribution < -0.4 is 10.6 Å². The first kappa shape index (κ1) is 14.0. The maximum atomic E-state index is 13.1. The number of carbonyl (C=O) groups is 1. The van der Waals surface area contributed by atoms with Crippen molar-refractivity contribution in [3.8, 4) is 0 Å². The Kier molecular flexibility index (Phi) is 4.50. The maximum absolute atomic E-state index is 13.1. The van der Waals surface area contributed by atoms with Crippen LogP contribution in [0.4, 0.5) is 4.39 Å². The first-order valence-corrected chi connectivity index (χ1v) is 7.08. The van der Waals surface area contributed by atoms with Gasteiger partial charge in [-0.3, -0.25) is 4.79 Å². The summed E-state index contributed by atoms with van der Waals surface area (Å²) in [6.45, 7) is 5.44. The lowest BCUT2D eigenvalue weighted by Gasteiger charge is -2.08. The zero-order chi connectivity index (χ0) is 13.8. The number of fused-ring (bicyclic) bond motifs is 1. The molecule has 3 nitrogen and oxygen atoms in total. The van der Waals surface area contributed by atoms with E-state index in [0.29, 0.717) is 17.5 Å². The van der Waals surface area contributed by atoms with Crippen LogP contribution in [0.3, 0.4) is 0 Å². The smallest absolute Gasteiger partial charge is 0.261 e. The Hall–Kier alpha value is -1.46. The minimum atomic E-state index is -0.276. The van der Waals surface area contributed by atoms with Gasteiger partial charge < -0.3 is 10.6 Å². The fourth-order valence-corrected chi connectivity index (χ4v) is 2.74. The molecule has 2 aromatic rings. The van der Waals surface area contributed by atoms with Crippen molar-refractivity contribution < 1.29 is 9.18 Å². The van der Waals surface area contributed by atoms with Crippen LogP contribution in [0.15, 0.2) is 24.3 Å². The molecule has 19 heavy (non-hydrogen) atoms. The van der Waals surface area contributed by atoms with Gasteiger partial charge in [0.2, 0.25) is 0 Å². The number of thiophene rings is 1. The Morgan fingerprint density at radius 2 is 2.11 bits per heavy atom. The monoisotopic (exact) mass is 280 g/mol. The molecule has 2 rings (SSSR count). The van der Waals surface area contributed by atoms with E-state index < -0.39 is 0 Å². The highest BCUT2D eigenvalue weighted by Crippen LogP contribution is 2.26. The van der Waals surface area contributed by atoms with E-state index in [1.165, 1.54) is 23.5 Å². The third-order valence-corrected chi connectivity index (χ3v) is 3.77. The van der Waals surface area contributed by atoms with Gasteiger partial charge in [0.25, 0.3) is 5.91 Å². The highest BCUT2D eigenvalue weighted by Gasteiger charge is 2.10. The van der Waals surface area contributed by atoms with Gasteiger partial charge >= 0.3 is 0 Å². The summed E-state index contributed by atoms with van der Waals surface area (Å²) in [5.74, 6) is -0.380. The second kappa shape index (κ2) is 6.12. The van der Waals surface area contributed by atoms with Crippen molar-refractivity contribution >= 4 is 27.3 Å². The number of benzene rings is 1. The molecule has 0 unspecified atom stereocenters. The summed E-state index contributed by atoms with van der Waals surface area (Å²) in [6, 6.07) is 6.76. The van der Waals surface area contributed by atoms with Crippen LogP contribution in [0, 0.1) is 5.82 Å². The average molecular weight is 280 g/mol. The summed E-state index contributed by atoms with van der Waals surface area (Å²) < 4.78 is 13.9. The Bertz CT molecular complexity index is 580. The Labute approximate surface area is 115 Å². The standard InChI is InChI=1S/C14H17FN2OS/c1-9(2)16-5-6-17-14(18)13-7-10-3-4-11(15)8-12(10)19-13/h3-4,7-9,16H,5-6H2,1-2H3,(H,17,18). The van der Waals surface area contributed by atoms with Gasteiger partial charge in [0.05, 0.1) is 4.88 Å². The normalized spacial score (nSPS) is 11.2. The molecule has 0 saturated heterocycles. The van der Waals surface area contributed by atoms with E-state index in [0.717, 1.165) is 16.6 Å². The largest absolute Gasteiger partial charge is 0.350 e. The third-order valence-electron chi connectivity index (χ3n) is 2.67. The number of hydrogen-bond donors (Lipinski definition) is 2. The summed E-state index contributed by atoms with van der Waals surface area (Å²) in [6.07, 6.45) is 0. The first-order chi connectivity index (χ1) is 9.06. The molecule has 0 aliphatic carbocycles. The van der Waals surface area contributed by atoms with E-state index in [2.05, 4.69) is 24.5 Å². The summed E-state index contributed by atoms with van der Waals surface area (Å²) in [4.78, 5) is 12.5. The second-order valence-electron chi connectivity index (χ2n) is 4.66. The van der Waals surface area contributed by atoms with Gasteiger partial charge in [0.1, 0.15) is 5.82 Å². The Balaban J connectivity index is 1.97. The highest BCUT2D eigenvalue weighted by molar-refractivity contribution is 7.20. The van der Waals surface area contributed by atoms with Crippen molar-refractivity contribution in [1.29, 1.82) is 0 Å². The van der Waals surface area contributed by atoms with E-state index in [1.807, 2.05) is 0 Å². The molecule has 1 heterocycles. The van der Waals surface area contributed by atoms with Crippen LogP contribution in [-0.2, 0) is 0 Å². The van der Waals surface area contributed by atoms with Gasteiger partial charge in [0, 0.05) is 23.8 Å². The van der Waals surface area contributed by atoms with E-state index in [9.17, 15) is 9.18 Å². The SMILES string of the molecule is CC(C)NCCNC(=O)c1cc2ccc(F)cc2s1. The summed E-state index contributed by atoms with van der Waals surface area (Å²) in [7, 11) is 0. The van der Waals surface area contributed by atoms with Gasteiger partial charge in [0.15, 0.2) is 0 Å². The molecule has 0 bridgehead atoms. The molecule has 0 radical (unpaired) electrons. The van der Waals surface area contributed by atoms with E-state index in [1.54, 1.807) is 12.1 Å². The third kappa shape index (κ3) is 3.75. The zero-order valence-electron chi connectivity index (χ0n) is 11.0. The van der Waals surface area contributed by atoms with Crippen molar-refractivity contribution in [1.82, 2.24) is 10.6 Å². The molecule has 1 amide bonds. The fourth-order valence-electron chi connectivity index (χ4n) is 1.74. The Morgan fingerprint density at radius 1 is 1.32 bits per heavy atom. The number of carbonyl (C=O) groups excluding carboxylic acids is 1. The minimum Gasteiger partial charge on any atom is -0.350 e. The van der Waals surface area contributed by atoms with E-state index in [4.69, 9.17) is 0 Å². The van der Waals surface area contributed by atoms with Crippen LogP contribution >= 0.6 is 11.3 Å². The fraction of sp³-hybridized carbons (Fsp3) is 0.357. The average Bonchev–Trinajstić information content (AvgIpc) is 2.77. The summed E-state index contributed by atoms with van der Waals surface area (Å²) in [5.41, 5.74) is 0. The van der Waals surface area contributed by atoms with Crippen LogP contribution in [0.25, 0.3) is 10.1 Å². The van der Waals surface area contributed by atoms with Gasteiger partial charge in [-0.1, -0.05) is 19.9 Å². The first-order valence-electron chi connectivity index (χ1n) is 6.27. The van der Waals surface area contributed by atoms with Crippen LogP contribution in [-0.4, -0.2) is 25.0 Å². The molecule has 0 spiro atoms. The Morgan fingerprint density at radius 3 is 2.84 bits per heavy atom. The molecule has 0 aliphatic heterocycles. The number of halogens is 1. The predicted molar refractivity (Wildman–Crippen MR) is 77.3 cm³/mol. The number of nitrogens with one attached hydrogen (secondary N) is 2. The molecular weight excluding hydrogens is 263 g/mol. The van der Waals surface area contributed by atoms with Crippen molar-refractivity contribution in [2.75, 3.05) is 13.1 Å². The minimum absolute atomic E-state index is 0.104. The molecule has 0 fully saturated rings. The lowest BCUT2D eigenvalue weighted by atomic mass is 10.2. The number of rotatable bonds is 5. The lowest BCUT2D eigenvalue weighted by Crippen LogP contribution is -2.34. The van der Waals surface area contributed by atoms with Crippen LogP contribution in [0.5, 0.6) is 0 Å². The predicted octanol–water partition coefficient (Wildman–Crippen LogP) is 2.77. The van der Waals surface area contributed by atoms with E-state index >= 15 is 0 Å². The molecule has 0 saturated carbocycles. The quantitative estimate of drug-likeness (QED) is 0.827. The van der Waals surface area contributed by atoms with Gasteiger partial charge in [-0.2, -0.15) is 0 Å². The second-order valence-corrected chi connectivity index (χ2v) is 5.74. The lowest BCUT2D eigenvalue weighted by molar-refractivity contribution is 0.0958.